The van der Waals surface area contributed by atoms with Crippen LogP contribution in [0.3, 0.4) is 0 Å². The van der Waals surface area contributed by atoms with Crippen LogP contribution in [-0.4, -0.2) is 0 Å². The predicted molar refractivity (Wildman–Crippen MR) is 260 cm³/mol. The van der Waals surface area contributed by atoms with Crippen molar-refractivity contribution in [2.45, 2.75) is 41.5 Å². The molecule has 0 bridgehead atoms. The van der Waals surface area contributed by atoms with Crippen molar-refractivity contribution in [3.63, 3.8) is 0 Å². The van der Waals surface area contributed by atoms with E-state index in [9.17, 15) is 0 Å². The van der Waals surface area contributed by atoms with E-state index in [0.717, 1.165) is 0 Å². The first-order valence-corrected chi connectivity index (χ1v) is 21.0. The molecule has 0 fully saturated rings. The molecule has 10 rings (SSSR count). The van der Waals surface area contributed by atoms with Gasteiger partial charge in [-0.1, -0.05) is 133 Å². The van der Waals surface area contributed by atoms with Crippen molar-refractivity contribution in [2.75, 3.05) is 9.80 Å². The molecular weight excluding hydrogens is 725 g/mol. The Balaban J connectivity index is 1.14. The lowest BCUT2D eigenvalue weighted by atomic mass is 9.92. The molecule has 0 heterocycles. The van der Waals surface area contributed by atoms with E-state index in [-0.39, 0.29) is 0 Å². The number of benzene rings is 10. The zero-order valence-corrected chi connectivity index (χ0v) is 35.2. The molecule has 0 radical (unpaired) electrons. The summed E-state index contributed by atoms with van der Waals surface area (Å²) in [6.45, 7) is 13.5. The van der Waals surface area contributed by atoms with Crippen molar-refractivity contribution in [1.29, 1.82) is 0 Å². The number of fused-ring (bicyclic) bond motifs is 6. The quantitative estimate of drug-likeness (QED) is 0.149. The van der Waals surface area contributed by atoms with Gasteiger partial charge in [-0.25, -0.2) is 0 Å². The number of aryl methyl sites for hydroxylation is 6. The molecule has 290 valence electrons. The van der Waals surface area contributed by atoms with Crippen LogP contribution in [-0.2, 0) is 0 Å². The average Bonchev–Trinajstić information content (AvgIpc) is 3.26. The molecule has 0 unspecified atom stereocenters. The van der Waals surface area contributed by atoms with Gasteiger partial charge < -0.3 is 9.80 Å². The van der Waals surface area contributed by atoms with E-state index in [1.807, 2.05) is 0 Å². The van der Waals surface area contributed by atoms with Crippen molar-refractivity contribution < 1.29 is 0 Å². The highest BCUT2D eigenvalue weighted by atomic mass is 15.2. The lowest BCUT2D eigenvalue weighted by Crippen LogP contribution is -2.15. The molecule has 0 amide bonds. The second-order valence-electron chi connectivity index (χ2n) is 16.5. The number of nitrogens with zero attached hydrogens (tertiary/aromatic N) is 2. The lowest BCUT2D eigenvalue weighted by molar-refractivity contribution is 1.20. The van der Waals surface area contributed by atoms with Crippen molar-refractivity contribution in [1.82, 2.24) is 0 Å². The van der Waals surface area contributed by atoms with Crippen LogP contribution in [0.5, 0.6) is 0 Å². The molecule has 2 heteroatoms. The molecule has 0 aromatic heterocycles. The third-order valence-electron chi connectivity index (χ3n) is 12.4. The molecule has 0 aliphatic rings. The van der Waals surface area contributed by atoms with Gasteiger partial charge in [0.05, 0.1) is 22.7 Å². The maximum atomic E-state index is 2.51. The standard InChI is InChI=1S/C58H48N2/c1-37-19-7-17-29-53(37)59(55-35-43-21-9-11-23-47(43)49-25-13-15-27-51(49)55)57-39(3)31-45(32-40(57)4)46-33-41(5)58(42(6)34-46)60(54-30-18-8-20-38(54)2)56-36-44-22-10-12-24-48(44)50-26-14-16-28-52(50)56/h7-36H,1-6H3. The highest BCUT2D eigenvalue weighted by Crippen LogP contribution is 2.48. The molecule has 0 N–H and O–H groups in total. The maximum Gasteiger partial charge on any atom is 0.0546 e. The van der Waals surface area contributed by atoms with Crippen LogP contribution in [0.2, 0.25) is 0 Å². The minimum absolute atomic E-state index is 1.19. The van der Waals surface area contributed by atoms with E-state index < -0.39 is 0 Å². The van der Waals surface area contributed by atoms with E-state index in [0.29, 0.717) is 0 Å². The van der Waals surface area contributed by atoms with E-state index >= 15 is 0 Å². The van der Waals surface area contributed by atoms with Crippen molar-refractivity contribution in [2.24, 2.45) is 0 Å². The van der Waals surface area contributed by atoms with Gasteiger partial charge in [-0.3, -0.25) is 0 Å². The number of hydrogen-bond donors (Lipinski definition) is 0. The second kappa shape index (κ2) is 14.9. The number of hydrogen-bond acceptors (Lipinski definition) is 2. The SMILES string of the molecule is Cc1ccccc1N(c1c(C)cc(-c2cc(C)c(N(c3ccccc3C)c3cc4ccccc4c4ccccc34)c(C)c2)cc1C)c1cc2ccccc2c2ccccc12. The Morgan fingerprint density at radius 3 is 0.917 bits per heavy atom. The van der Waals surface area contributed by atoms with Gasteiger partial charge in [0.1, 0.15) is 0 Å². The Kier molecular flexibility index (Phi) is 9.22. The molecule has 0 saturated heterocycles. The fourth-order valence-electron chi connectivity index (χ4n) is 9.76. The zero-order chi connectivity index (χ0) is 41.1. The first-order chi connectivity index (χ1) is 29.3. The Morgan fingerprint density at radius 2 is 0.550 bits per heavy atom. The van der Waals surface area contributed by atoms with Gasteiger partial charge >= 0.3 is 0 Å². The molecule has 0 atom stereocenters. The summed E-state index contributed by atoms with van der Waals surface area (Å²) in [5, 5.41) is 10.0. The summed E-state index contributed by atoms with van der Waals surface area (Å²) >= 11 is 0. The summed E-state index contributed by atoms with van der Waals surface area (Å²) in [6, 6.07) is 67.1. The van der Waals surface area contributed by atoms with Crippen LogP contribution in [0.1, 0.15) is 33.4 Å². The van der Waals surface area contributed by atoms with E-state index in [1.54, 1.807) is 0 Å². The molecule has 60 heavy (non-hydrogen) atoms. The molecule has 10 aromatic carbocycles. The summed E-state index contributed by atoms with van der Waals surface area (Å²) < 4.78 is 0. The monoisotopic (exact) mass is 772 g/mol. The van der Waals surface area contributed by atoms with Crippen molar-refractivity contribution >= 4 is 77.2 Å². The minimum Gasteiger partial charge on any atom is -0.309 e. The molecule has 0 aliphatic carbocycles. The van der Waals surface area contributed by atoms with Crippen LogP contribution >= 0.6 is 0 Å². The minimum atomic E-state index is 1.19. The first-order valence-electron chi connectivity index (χ1n) is 21.0. The number of anilines is 6. The van der Waals surface area contributed by atoms with Crippen LogP contribution in [0.15, 0.2) is 182 Å². The van der Waals surface area contributed by atoms with Gasteiger partial charge in [0.15, 0.2) is 0 Å². The van der Waals surface area contributed by atoms with Crippen LogP contribution in [0.25, 0.3) is 54.2 Å². The largest absolute Gasteiger partial charge is 0.309 e. The van der Waals surface area contributed by atoms with Gasteiger partial charge in [-0.2, -0.15) is 0 Å². The third-order valence-corrected chi connectivity index (χ3v) is 12.4. The van der Waals surface area contributed by atoms with Gasteiger partial charge in [-0.05, 0) is 167 Å². The smallest absolute Gasteiger partial charge is 0.0546 e. The number of rotatable bonds is 7. The molecular formula is C58H48N2. The summed E-state index contributed by atoms with van der Waals surface area (Å²) in [4.78, 5) is 5.01. The van der Waals surface area contributed by atoms with Crippen LogP contribution in [0, 0.1) is 41.5 Å². The fraction of sp³-hybridized carbons (Fsp3) is 0.103. The van der Waals surface area contributed by atoms with Crippen molar-refractivity contribution in [3.05, 3.63) is 215 Å². The van der Waals surface area contributed by atoms with Gasteiger partial charge in [0.2, 0.25) is 0 Å². The molecule has 10 aromatic rings. The fourth-order valence-corrected chi connectivity index (χ4v) is 9.76. The van der Waals surface area contributed by atoms with E-state index in [4.69, 9.17) is 0 Å². The Morgan fingerprint density at radius 1 is 0.250 bits per heavy atom. The van der Waals surface area contributed by atoms with Gasteiger partial charge in [0, 0.05) is 22.1 Å². The number of para-hydroxylation sites is 2. The summed E-state index contributed by atoms with van der Waals surface area (Å²) in [5.41, 5.74) is 17.0. The average molecular weight is 773 g/mol. The highest BCUT2D eigenvalue weighted by molar-refractivity contribution is 6.16. The molecule has 2 nitrogen and oxygen atoms in total. The Bertz CT molecular complexity index is 3030. The second-order valence-corrected chi connectivity index (χ2v) is 16.5. The third kappa shape index (κ3) is 6.19. The van der Waals surface area contributed by atoms with Crippen molar-refractivity contribution in [3.8, 4) is 11.1 Å². The zero-order valence-electron chi connectivity index (χ0n) is 35.2. The predicted octanol–water partition coefficient (Wildman–Crippen LogP) is 16.8. The normalized spacial score (nSPS) is 11.5. The van der Waals surface area contributed by atoms with E-state index in [2.05, 4.69) is 233 Å². The summed E-state index contributed by atoms with van der Waals surface area (Å²) in [7, 11) is 0. The highest BCUT2D eigenvalue weighted by Gasteiger charge is 2.25. The van der Waals surface area contributed by atoms with Gasteiger partial charge in [-0.15, -0.1) is 0 Å². The van der Waals surface area contributed by atoms with Crippen LogP contribution in [0.4, 0.5) is 34.1 Å². The molecule has 0 spiro atoms. The summed E-state index contributed by atoms with van der Waals surface area (Å²) in [5.74, 6) is 0. The Labute approximate surface area is 353 Å². The Hall–Kier alpha value is -7.16. The van der Waals surface area contributed by atoms with Gasteiger partial charge in [0.25, 0.3) is 0 Å². The first kappa shape index (κ1) is 37.1. The molecule has 0 aliphatic heterocycles. The topological polar surface area (TPSA) is 6.48 Å². The maximum absolute atomic E-state index is 2.51. The molecule has 0 saturated carbocycles. The lowest BCUT2D eigenvalue weighted by Gasteiger charge is -2.32. The van der Waals surface area contributed by atoms with E-state index in [1.165, 1.54) is 122 Å². The summed E-state index contributed by atoms with van der Waals surface area (Å²) in [6.07, 6.45) is 0. The van der Waals surface area contributed by atoms with Crippen LogP contribution < -0.4 is 9.80 Å².